The summed E-state index contributed by atoms with van der Waals surface area (Å²) in [6.45, 7) is 6.38. The highest BCUT2D eigenvalue weighted by atomic mass is 16.5. The maximum atomic E-state index is 5.40. The van der Waals surface area contributed by atoms with E-state index in [-0.39, 0.29) is 0 Å². The number of hydrogen-bond donors (Lipinski definition) is 0. The molecule has 2 aromatic carbocycles. The minimum absolute atomic E-state index is 0.965. The van der Waals surface area contributed by atoms with Crippen LogP contribution in [0.15, 0.2) is 36.4 Å². The molecule has 0 fully saturated rings. The van der Waals surface area contributed by atoms with E-state index in [1.54, 1.807) is 7.11 Å². The third-order valence-corrected chi connectivity index (χ3v) is 3.57. The highest BCUT2D eigenvalue weighted by molar-refractivity contribution is 5.74. The van der Waals surface area contributed by atoms with Gasteiger partial charge in [-0.05, 0) is 54.7 Å². The minimum Gasteiger partial charge on any atom is -0.496 e. The largest absolute Gasteiger partial charge is 0.496 e. The molecule has 0 bridgehead atoms. The third-order valence-electron chi connectivity index (χ3n) is 3.57. The summed E-state index contributed by atoms with van der Waals surface area (Å²) >= 11 is 0. The van der Waals surface area contributed by atoms with Crippen molar-refractivity contribution in [2.24, 2.45) is 0 Å². The van der Waals surface area contributed by atoms with Crippen LogP contribution in [-0.4, -0.2) is 7.11 Å². The fourth-order valence-corrected chi connectivity index (χ4v) is 2.28. The van der Waals surface area contributed by atoms with Crippen LogP contribution in [0.1, 0.15) is 27.8 Å². The average Bonchev–Trinajstić information content (AvgIpc) is 2.44. The summed E-state index contributed by atoms with van der Waals surface area (Å²) in [7, 11) is 1.72. The average molecular weight is 252 g/mol. The second-order valence-corrected chi connectivity index (χ2v) is 4.80. The van der Waals surface area contributed by atoms with Gasteiger partial charge in [-0.1, -0.05) is 42.5 Å². The second-order valence-electron chi connectivity index (χ2n) is 4.80. The van der Waals surface area contributed by atoms with Gasteiger partial charge in [0.1, 0.15) is 5.75 Å². The molecule has 0 spiro atoms. The summed E-state index contributed by atoms with van der Waals surface area (Å²) in [5.74, 6) is 0.965. The van der Waals surface area contributed by atoms with E-state index in [2.05, 4.69) is 63.3 Å². The maximum Gasteiger partial charge on any atom is 0.122 e. The van der Waals surface area contributed by atoms with Crippen LogP contribution in [0.3, 0.4) is 0 Å². The van der Waals surface area contributed by atoms with E-state index in [9.17, 15) is 0 Å². The lowest BCUT2D eigenvalue weighted by Crippen LogP contribution is -1.95. The molecule has 0 radical (unpaired) electrons. The molecule has 0 heterocycles. The molecule has 0 aromatic heterocycles. The molecule has 1 heteroatoms. The summed E-state index contributed by atoms with van der Waals surface area (Å²) in [5.41, 5.74) is 6.23. The van der Waals surface area contributed by atoms with Crippen molar-refractivity contribution in [3.05, 3.63) is 64.2 Å². The monoisotopic (exact) mass is 252 g/mol. The van der Waals surface area contributed by atoms with Crippen LogP contribution in [0.2, 0.25) is 0 Å². The number of ether oxygens (including phenoxy) is 1. The van der Waals surface area contributed by atoms with E-state index in [1.165, 1.54) is 27.8 Å². The van der Waals surface area contributed by atoms with E-state index in [0.29, 0.717) is 0 Å². The summed E-state index contributed by atoms with van der Waals surface area (Å²) in [6.07, 6.45) is 4.34. The lowest BCUT2D eigenvalue weighted by Gasteiger charge is -2.13. The van der Waals surface area contributed by atoms with Gasteiger partial charge in [-0.15, -0.1) is 0 Å². The third kappa shape index (κ3) is 2.87. The normalized spacial score (nSPS) is 10.9. The Bertz CT molecular complexity index is 595. The summed E-state index contributed by atoms with van der Waals surface area (Å²) < 4.78 is 5.40. The number of hydrogen-bond acceptors (Lipinski definition) is 1. The van der Waals surface area contributed by atoms with Gasteiger partial charge in [0, 0.05) is 0 Å². The van der Waals surface area contributed by atoms with Gasteiger partial charge in [-0.25, -0.2) is 0 Å². The molecule has 2 aromatic rings. The fraction of sp³-hybridized carbons (Fsp3) is 0.222. The Kier molecular flexibility index (Phi) is 4.06. The number of aryl methyl sites for hydroxylation is 1. The minimum atomic E-state index is 0.965. The molecule has 19 heavy (non-hydrogen) atoms. The maximum absolute atomic E-state index is 5.40. The van der Waals surface area contributed by atoms with Crippen LogP contribution in [0.25, 0.3) is 12.2 Å². The molecule has 0 saturated heterocycles. The standard InChI is InChI=1S/C18H20O/c1-13-12-18(19-4)15(3)14(2)17(13)11-10-16-8-6-5-7-9-16/h5-12H,1-4H3. The molecule has 0 aliphatic rings. The van der Waals surface area contributed by atoms with Crippen molar-refractivity contribution in [1.82, 2.24) is 0 Å². The van der Waals surface area contributed by atoms with Crippen LogP contribution in [0, 0.1) is 20.8 Å². The first-order valence-corrected chi connectivity index (χ1v) is 6.51. The lowest BCUT2D eigenvalue weighted by molar-refractivity contribution is 0.411. The van der Waals surface area contributed by atoms with E-state index in [1.807, 2.05) is 6.07 Å². The van der Waals surface area contributed by atoms with Crippen LogP contribution < -0.4 is 4.74 Å². The van der Waals surface area contributed by atoms with Crippen molar-refractivity contribution in [1.29, 1.82) is 0 Å². The Morgan fingerprint density at radius 2 is 1.58 bits per heavy atom. The van der Waals surface area contributed by atoms with Gasteiger partial charge >= 0.3 is 0 Å². The summed E-state index contributed by atoms with van der Waals surface area (Å²) in [4.78, 5) is 0. The van der Waals surface area contributed by atoms with E-state index in [0.717, 1.165) is 5.75 Å². The van der Waals surface area contributed by atoms with Crippen molar-refractivity contribution in [3.63, 3.8) is 0 Å². The predicted octanol–water partition coefficient (Wildman–Crippen LogP) is 4.79. The fourth-order valence-electron chi connectivity index (χ4n) is 2.28. The van der Waals surface area contributed by atoms with E-state index >= 15 is 0 Å². The van der Waals surface area contributed by atoms with Crippen LogP contribution in [0.5, 0.6) is 5.75 Å². The molecule has 1 nitrogen and oxygen atoms in total. The van der Waals surface area contributed by atoms with Gasteiger partial charge in [0.05, 0.1) is 7.11 Å². The highest BCUT2D eigenvalue weighted by Crippen LogP contribution is 2.28. The first-order valence-electron chi connectivity index (χ1n) is 6.51. The number of rotatable bonds is 3. The van der Waals surface area contributed by atoms with Gasteiger partial charge < -0.3 is 4.74 Å². The molecule has 0 aliphatic carbocycles. The SMILES string of the molecule is COc1cc(C)c(C=Cc2ccccc2)c(C)c1C. The zero-order chi connectivity index (χ0) is 13.8. The van der Waals surface area contributed by atoms with E-state index < -0.39 is 0 Å². The van der Waals surface area contributed by atoms with Gasteiger partial charge in [0.2, 0.25) is 0 Å². The molecule has 98 valence electrons. The molecule has 0 unspecified atom stereocenters. The molecular weight excluding hydrogens is 232 g/mol. The van der Waals surface area contributed by atoms with Crippen molar-refractivity contribution < 1.29 is 4.74 Å². The molecule has 0 N–H and O–H groups in total. The number of benzene rings is 2. The molecule has 0 amide bonds. The molecular formula is C18H20O. The van der Waals surface area contributed by atoms with E-state index in [4.69, 9.17) is 4.74 Å². The molecule has 0 saturated carbocycles. The zero-order valence-electron chi connectivity index (χ0n) is 12.0. The number of methoxy groups -OCH3 is 1. The Balaban J connectivity index is 2.41. The lowest BCUT2D eigenvalue weighted by atomic mass is 9.96. The Hall–Kier alpha value is -2.02. The zero-order valence-corrected chi connectivity index (χ0v) is 12.0. The van der Waals surface area contributed by atoms with Gasteiger partial charge in [-0.3, -0.25) is 0 Å². The van der Waals surface area contributed by atoms with Gasteiger partial charge in [0.25, 0.3) is 0 Å². The summed E-state index contributed by atoms with van der Waals surface area (Å²) in [6, 6.07) is 12.5. The first-order chi connectivity index (χ1) is 9.13. The first kappa shape index (κ1) is 13.4. The molecule has 0 aliphatic heterocycles. The second kappa shape index (κ2) is 5.75. The predicted molar refractivity (Wildman–Crippen MR) is 82.6 cm³/mol. The Labute approximate surface area is 115 Å². The van der Waals surface area contributed by atoms with Gasteiger partial charge in [-0.2, -0.15) is 0 Å². The van der Waals surface area contributed by atoms with Crippen molar-refractivity contribution in [2.45, 2.75) is 20.8 Å². The summed E-state index contributed by atoms with van der Waals surface area (Å²) in [5, 5.41) is 0. The van der Waals surface area contributed by atoms with Crippen LogP contribution >= 0.6 is 0 Å². The molecule has 0 atom stereocenters. The highest BCUT2D eigenvalue weighted by Gasteiger charge is 2.08. The Morgan fingerprint density at radius 3 is 2.21 bits per heavy atom. The van der Waals surface area contributed by atoms with Gasteiger partial charge in [0.15, 0.2) is 0 Å². The smallest absolute Gasteiger partial charge is 0.122 e. The topological polar surface area (TPSA) is 9.23 Å². The van der Waals surface area contributed by atoms with Crippen LogP contribution in [-0.2, 0) is 0 Å². The Morgan fingerprint density at radius 1 is 0.895 bits per heavy atom. The molecule has 2 rings (SSSR count). The quantitative estimate of drug-likeness (QED) is 0.714. The van der Waals surface area contributed by atoms with Crippen molar-refractivity contribution in [3.8, 4) is 5.75 Å². The van der Waals surface area contributed by atoms with Crippen molar-refractivity contribution in [2.75, 3.05) is 7.11 Å². The van der Waals surface area contributed by atoms with Crippen molar-refractivity contribution >= 4 is 12.2 Å². The van der Waals surface area contributed by atoms with Crippen LogP contribution in [0.4, 0.5) is 0 Å².